The Bertz CT molecular complexity index is 733. The lowest BCUT2D eigenvalue weighted by atomic mass is 9.86. The molecule has 0 aliphatic rings. The Morgan fingerprint density at radius 2 is 1.54 bits per heavy atom. The number of ether oxygens (including phenoxy) is 1. The largest absolute Gasteiger partial charge is 0.465 e. The molecule has 0 bridgehead atoms. The van der Waals surface area contributed by atoms with Crippen LogP contribution >= 0.6 is 9.12 Å². The molecular weight excluding hydrogens is 347 g/mol. The van der Waals surface area contributed by atoms with E-state index in [0.29, 0.717) is 17.7 Å². The number of carbonyl (C=O) groups is 2. The number of ketones is 1. The lowest BCUT2D eigenvalue weighted by Crippen LogP contribution is -2.26. The van der Waals surface area contributed by atoms with Gasteiger partial charge in [0.25, 0.3) is 0 Å². The van der Waals surface area contributed by atoms with Gasteiger partial charge >= 0.3 is 15.1 Å². The number of rotatable bonds is 6. The van der Waals surface area contributed by atoms with E-state index in [2.05, 4.69) is 0 Å². The summed E-state index contributed by atoms with van der Waals surface area (Å²) < 4.78 is 13.5. The van der Waals surface area contributed by atoms with E-state index in [-0.39, 0.29) is 5.78 Å². The van der Waals surface area contributed by atoms with Crippen LogP contribution < -0.4 is 0 Å². The second-order valence-electron chi connectivity index (χ2n) is 6.15. The highest BCUT2D eigenvalue weighted by Gasteiger charge is 2.32. The summed E-state index contributed by atoms with van der Waals surface area (Å²) in [5.74, 6) is -1.59. The van der Waals surface area contributed by atoms with Gasteiger partial charge in [-0.3, -0.25) is 9.59 Å². The molecule has 2 atom stereocenters. The van der Waals surface area contributed by atoms with Crippen molar-refractivity contribution in [3.63, 3.8) is 0 Å². The van der Waals surface area contributed by atoms with Gasteiger partial charge in [0.2, 0.25) is 0 Å². The first-order valence-electron chi connectivity index (χ1n) is 8.53. The van der Waals surface area contributed by atoms with E-state index in [0.717, 1.165) is 23.1 Å². The van der Waals surface area contributed by atoms with Crippen molar-refractivity contribution in [2.24, 2.45) is 0 Å². The van der Waals surface area contributed by atoms with E-state index >= 15 is 0 Å². The lowest BCUT2D eigenvalue weighted by molar-refractivity contribution is -0.144. The number of benzene rings is 2. The van der Waals surface area contributed by atoms with Crippen LogP contribution in [0.2, 0.25) is 0 Å². The Hall–Kier alpha value is -2.32. The monoisotopic (exact) mass is 373 g/mol. The third-order valence-electron chi connectivity index (χ3n) is 4.00. The molecule has 0 aliphatic carbocycles. The van der Waals surface area contributed by atoms with E-state index in [1.165, 1.54) is 9.12 Å². The highest BCUT2D eigenvalue weighted by molar-refractivity contribution is 7.00. The number of Topliss-reactive ketones (excluding diaryl/α,β-unsaturated/α-hetero) is 1. The van der Waals surface area contributed by atoms with Gasteiger partial charge in [-0.05, 0) is 43.9 Å². The molecule has 0 aromatic heterocycles. The Labute approximate surface area is 157 Å². The number of esters is 1. The van der Waals surface area contributed by atoms with E-state index in [9.17, 15) is 9.59 Å². The fourth-order valence-corrected chi connectivity index (χ4v) is 3.04. The summed E-state index contributed by atoms with van der Waals surface area (Å²) in [6, 6.07) is 13.1. The maximum atomic E-state index is 13.2. The van der Waals surface area contributed by atoms with Gasteiger partial charge in [0.15, 0.2) is 5.78 Å². The highest BCUT2D eigenvalue weighted by Crippen LogP contribution is 2.27. The fraction of sp³-hybridized carbons (Fsp3) is 0.333. The van der Waals surface area contributed by atoms with Crippen LogP contribution in [0.25, 0.3) is 0 Å². The molecule has 26 heavy (non-hydrogen) atoms. The predicted molar refractivity (Wildman–Crippen MR) is 106 cm³/mol. The second-order valence-corrected chi connectivity index (χ2v) is 6.15. The fourth-order valence-electron chi connectivity index (χ4n) is 3.04. The molecule has 2 rings (SSSR count). The van der Waals surface area contributed by atoms with Gasteiger partial charge in [-0.25, -0.2) is 0 Å². The first-order chi connectivity index (χ1) is 12.5. The van der Waals surface area contributed by atoms with Crippen LogP contribution in [0.5, 0.6) is 0 Å². The average molecular weight is 373 g/mol. The Balaban J connectivity index is 0.00000163. The molecule has 0 saturated heterocycles. The molecule has 2 aromatic carbocycles. The molecule has 2 unspecified atom stereocenters. The normalized spacial score (nSPS) is 11.1. The molecule has 4 nitrogen and oxygen atoms in total. The Morgan fingerprint density at radius 3 is 2.04 bits per heavy atom. The first-order valence-corrected chi connectivity index (χ1v) is 9.00. The third kappa shape index (κ3) is 5.34. The number of hydrogen-bond donors (Lipinski definition) is 0. The maximum absolute atomic E-state index is 13.2. The molecule has 0 aliphatic heterocycles. The van der Waals surface area contributed by atoms with Gasteiger partial charge in [-0.1, -0.05) is 59.5 Å². The smallest absolute Gasteiger partial charge is 0.321 e. The van der Waals surface area contributed by atoms with Crippen molar-refractivity contribution in [3.05, 3.63) is 70.3 Å². The summed E-state index contributed by atoms with van der Waals surface area (Å²) in [7, 11) is 1.17. The minimum absolute atomic E-state index is 0.197. The summed E-state index contributed by atoms with van der Waals surface area (Å²) in [4.78, 5) is 25.8. The number of hydrogen-bond acceptors (Lipinski definition) is 4. The van der Waals surface area contributed by atoms with Gasteiger partial charge in [0.05, 0.1) is 6.61 Å². The molecule has 0 radical (unpaired) electrons. The average Bonchev–Trinajstić information content (AvgIpc) is 2.62. The molecule has 0 heterocycles. The van der Waals surface area contributed by atoms with Crippen molar-refractivity contribution in [2.45, 2.75) is 40.0 Å². The number of carbonyl (C=O) groups excluding carboxylic acids is 2. The molecular formula is C21H26O4P+. The van der Waals surface area contributed by atoms with Gasteiger partial charge in [0.1, 0.15) is 5.92 Å². The van der Waals surface area contributed by atoms with Crippen LogP contribution in [-0.4, -0.2) is 18.4 Å². The molecule has 0 fully saturated rings. The van der Waals surface area contributed by atoms with Crippen molar-refractivity contribution < 1.29 is 18.9 Å². The summed E-state index contributed by atoms with van der Waals surface area (Å²) in [5, 5.41) is 0. The van der Waals surface area contributed by atoms with Crippen LogP contribution in [0.4, 0.5) is 0 Å². The molecule has 138 valence electrons. The van der Waals surface area contributed by atoms with Crippen molar-refractivity contribution >= 4 is 20.9 Å². The summed E-state index contributed by atoms with van der Waals surface area (Å²) in [6.45, 7) is 8.07. The van der Waals surface area contributed by atoms with E-state index < -0.39 is 11.9 Å². The topological polar surface area (TPSA) is 60.4 Å². The van der Waals surface area contributed by atoms with Crippen molar-refractivity contribution in [3.8, 4) is 0 Å². The molecule has 0 saturated carbocycles. The van der Waals surface area contributed by atoms with Gasteiger partial charge < -0.3 is 4.74 Å². The van der Waals surface area contributed by atoms with Crippen LogP contribution in [-0.2, 0) is 14.1 Å². The number of aryl methyl sites for hydroxylation is 3. The van der Waals surface area contributed by atoms with E-state index in [1.807, 2.05) is 58.0 Å². The quantitative estimate of drug-likeness (QED) is 0.318. The molecule has 0 N–H and O–H groups in total. The van der Waals surface area contributed by atoms with Crippen molar-refractivity contribution in [1.29, 1.82) is 0 Å². The molecule has 0 spiro atoms. The zero-order valence-corrected chi connectivity index (χ0v) is 16.9. The Morgan fingerprint density at radius 1 is 1.00 bits per heavy atom. The standard InChI is InChI=1S/C21H24O3.H2OP/c1-5-11-24-21(23)19(17-9-7-6-8-10-17)20(22)18-15(3)12-14(2)13-16(18)4;1-2/h6-10,12-13,19H,5,11H2,1-4H3;2H2/q;+1. The lowest BCUT2D eigenvalue weighted by Gasteiger charge is -2.18. The molecule has 2 aromatic rings. The van der Waals surface area contributed by atoms with Crippen LogP contribution in [0, 0.1) is 20.8 Å². The van der Waals surface area contributed by atoms with Crippen molar-refractivity contribution in [1.82, 2.24) is 0 Å². The van der Waals surface area contributed by atoms with Gasteiger partial charge in [-0.15, -0.1) is 0 Å². The van der Waals surface area contributed by atoms with Gasteiger partial charge in [-0.2, -0.15) is 0 Å². The summed E-state index contributed by atoms with van der Waals surface area (Å²) in [5.41, 5.74) is 4.17. The maximum Gasteiger partial charge on any atom is 0.321 e. The van der Waals surface area contributed by atoms with Crippen molar-refractivity contribution in [2.75, 3.05) is 6.61 Å². The molecule has 0 amide bonds. The first kappa shape index (κ1) is 21.7. The third-order valence-corrected chi connectivity index (χ3v) is 4.00. The second kappa shape index (κ2) is 10.6. The predicted octanol–water partition coefficient (Wildman–Crippen LogP) is 4.74. The Kier molecular flexibility index (Phi) is 8.87. The van der Waals surface area contributed by atoms with Crippen LogP contribution in [0.3, 0.4) is 0 Å². The highest BCUT2D eigenvalue weighted by atomic mass is 31.0. The van der Waals surface area contributed by atoms with Gasteiger partial charge in [0, 0.05) is 5.56 Å². The minimum atomic E-state index is -0.919. The molecule has 5 heteroatoms. The summed E-state index contributed by atoms with van der Waals surface area (Å²) in [6.07, 6.45) is 0.726. The minimum Gasteiger partial charge on any atom is -0.465 e. The van der Waals surface area contributed by atoms with Crippen LogP contribution in [0.1, 0.15) is 51.9 Å². The summed E-state index contributed by atoms with van der Waals surface area (Å²) >= 11 is 0. The zero-order valence-electron chi connectivity index (χ0n) is 15.7. The SMILES string of the molecule is CCCOC(=O)C(C(=O)c1c(C)cc(C)cc1C)c1ccccc1.O=[PH2+]. The zero-order chi connectivity index (χ0) is 19.7. The van der Waals surface area contributed by atoms with Crippen LogP contribution in [0.15, 0.2) is 42.5 Å². The van der Waals surface area contributed by atoms with E-state index in [4.69, 9.17) is 9.30 Å². The van der Waals surface area contributed by atoms with E-state index in [1.54, 1.807) is 12.1 Å².